The molecule has 6 nitrogen and oxygen atoms in total. The summed E-state index contributed by atoms with van der Waals surface area (Å²) in [4.78, 5) is 27.8. The number of phenols is 1. The van der Waals surface area contributed by atoms with Gasteiger partial charge >= 0.3 is 19.5 Å². The smallest absolute Gasteiger partial charge is 0.487 e. The van der Waals surface area contributed by atoms with Crippen molar-refractivity contribution in [3.8, 4) is 5.75 Å². The fraction of sp³-hybridized carbons (Fsp3) is 0.310. The second-order valence-corrected chi connectivity index (χ2v) is 10.9. The molecule has 3 aromatic rings. The number of amides is 2. The van der Waals surface area contributed by atoms with Crippen LogP contribution in [0, 0.1) is 17.8 Å². The quantitative estimate of drug-likeness (QED) is 0.211. The Bertz CT molecular complexity index is 1640. The Balaban J connectivity index is 1.42. The number of fused-ring (bicyclic) bond motifs is 4. The third-order valence-corrected chi connectivity index (χ3v) is 8.47. The van der Waals surface area contributed by atoms with E-state index in [2.05, 4.69) is 0 Å². The maximum absolute atomic E-state index is 13.8. The molecule has 0 aromatic heterocycles. The second-order valence-electron chi connectivity index (χ2n) is 10.9. The first-order valence-electron chi connectivity index (χ1n) is 13.1. The predicted molar refractivity (Wildman–Crippen MR) is 139 cm³/mol. The highest BCUT2D eigenvalue weighted by molar-refractivity contribution is 6.53. The van der Waals surface area contributed by atoms with Crippen molar-refractivity contribution in [1.82, 2.24) is 0 Å². The van der Waals surface area contributed by atoms with Gasteiger partial charge in [-0.05, 0) is 66.4 Å². The van der Waals surface area contributed by atoms with E-state index in [-0.39, 0.29) is 24.7 Å². The lowest BCUT2D eigenvalue weighted by Gasteiger charge is -2.41. The van der Waals surface area contributed by atoms with Crippen LogP contribution >= 0.6 is 0 Å². The van der Waals surface area contributed by atoms with Crippen molar-refractivity contribution in [3.05, 3.63) is 82.3 Å². The number of nitrogens with zero attached hydrogens (tertiary/aromatic N) is 1. The van der Waals surface area contributed by atoms with E-state index in [1.54, 1.807) is 37.3 Å². The van der Waals surface area contributed by atoms with Gasteiger partial charge in [0.05, 0.1) is 34.8 Å². The average Bonchev–Trinajstić information content (AvgIpc) is 3.16. The topological polar surface area (TPSA) is 87.1 Å². The molecule has 1 aliphatic carbocycles. The summed E-state index contributed by atoms with van der Waals surface area (Å²) >= 11 is 0. The molecule has 2 amide bonds. The van der Waals surface area contributed by atoms with E-state index in [1.165, 1.54) is 6.07 Å². The molecule has 218 valence electrons. The van der Waals surface area contributed by atoms with Gasteiger partial charge in [-0.15, -0.1) is 0 Å². The average molecular weight is 589 g/mol. The summed E-state index contributed by atoms with van der Waals surface area (Å²) < 4.78 is 87.2. The number of phenolic OH excluding ortho intramolecular Hbond substituents is 1. The van der Waals surface area contributed by atoms with Crippen LogP contribution in [0.2, 0.25) is 0 Å². The highest BCUT2D eigenvalue weighted by atomic mass is 19.4. The summed E-state index contributed by atoms with van der Waals surface area (Å²) in [7, 11) is -1.47. The number of hydrogen-bond acceptors (Lipinski definition) is 5. The molecule has 0 saturated carbocycles. The number of aromatic hydroxyl groups is 1. The molecule has 3 aromatic carbocycles. The molecule has 2 saturated heterocycles. The van der Waals surface area contributed by atoms with Gasteiger partial charge in [0.15, 0.2) is 0 Å². The van der Waals surface area contributed by atoms with Crippen molar-refractivity contribution in [3.63, 3.8) is 0 Å². The van der Waals surface area contributed by atoms with Gasteiger partial charge in [0, 0.05) is 5.39 Å². The molecule has 2 N–H and O–H groups in total. The highest BCUT2D eigenvalue weighted by Gasteiger charge is 2.58. The number of alkyl halides is 6. The second kappa shape index (κ2) is 9.60. The molecule has 6 rings (SSSR count). The molecular formula is C29H22BF6NO5. The van der Waals surface area contributed by atoms with Gasteiger partial charge < -0.3 is 14.8 Å². The molecule has 0 radical (unpaired) electrons. The van der Waals surface area contributed by atoms with Crippen LogP contribution < -0.4 is 4.90 Å². The number of carbonyl (C=O) groups is 2. The zero-order chi connectivity index (χ0) is 30.3. The molecule has 2 fully saturated rings. The lowest BCUT2D eigenvalue weighted by molar-refractivity contribution is -0.143. The first-order chi connectivity index (χ1) is 19.7. The fourth-order valence-electron chi connectivity index (χ4n) is 6.67. The molecule has 4 atom stereocenters. The zero-order valence-electron chi connectivity index (χ0n) is 21.8. The normalized spacial score (nSPS) is 24.9. The summed E-state index contributed by atoms with van der Waals surface area (Å²) in [5.41, 5.74) is -2.56. The molecule has 0 unspecified atom stereocenters. The Morgan fingerprint density at radius 1 is 0.881 bits per heavy atom. The van der Waals surface area contributed by atoms with Gasteiger partial charge in [0.25, 0.3) is 0 Å². The number of halogens is 6. The van der Waals surface area contributed by atoms with Crippen LogP contribution in [0.5, 0.6) is 5.75 Å². The fourth-order valence-corrected chi connectivity index (χ4v) is 6.67. The molecule has 3 aliphatic rings. The first kappa shape index (κ1) is 28.3. The number of rotatable bonds is 2. The third-order valence-electron chi connectivity index (χ3n) is 8.47. The van der Waals surface area contributed by atoms with Crippen LogP contribution in [-0.4, -0.2) is 29.1 Å². The van der Waals surface area contributed by atoms with E-state index in [0.717, 1.165) is 0 Å². The third kappa shape index (κ3) is 4.46. The number of benzene rings is 3. The molecule has 42 heavy (non-hydrogen) atoms. The summed E-state index contributed by atoms with van der Waals surface area (Å²) in [6.45, 7) is 1.65. The van der Waals surface area contributed by atoms with E-state index in [1.807, 2.05) is 0 Å². The Kier molecular flexibility index (Phi) is 6.47. The Morgan fingerprint density at radius 2 is 1.50 bits per heavy atom. The largest absolute Gasteiger partial charge is 0.507 e. The molecule has 0 bridgehead atoms. The van der Waals surface area contributed by atoms with E-state index < -0.39 is 72.0 Å². The van der Waals surface area contributed by atoms with Crippen LogP contribution in [0.4, 0.5) is 32.0 Å². The van der Waals surface area contributed by atoms with Crippen LogP contribution in [0.15, 0.2) is 65.6 Å². The van der Waals surface area contributed by atoms with E-state index in [4.69, 9.17) is 4.65 Å². The molecule has 2 aliphatic heterocycles. The molecule has 13 heteroatoms. The van der Waals surface area contributed by atoms with Crippen molar-refractivity contribution in [2.75, 3.05) is 4.90 Å². The number of imide groups is 1. The van der Waals surface area contributed by atoms with Crippen molar-refractivity contribution in [1.29, 1.82) is 0 Å². The zero-order valence-corrected chi connectivity index (χ0v) is 21.8. The summed E-state index contributed by atoms with van der Waals surface area (Å²) in [5, 5.41) is 22.5. The number of hydrogen-bond donors (Lipinski definition) is 2. The van der Waals surface area contributed by atoms with E-state index in [9.17, 15) is 46.1 Å². The predicted octanol–water partition coefficient (Wildman–Crippen LogP) is 6.21. The summed E-state index contributed by atoms with van der Waals surface area (Å²) in [5.74, 6) is -4.77. The number of allylic oxidation sites excluding steroid dienone is 2. The number of carbonyl (C=O) groups excluding carboxylic acids is 2. The van der Waals surface area contributed by atoms with Crippen molar-refractivity contribution >= 4 is 35.4 Å². The van der Waals surface area contributed by atoms with Crippen molar-refractivity contribution in [2.45, 2.75) is 38.2 Å². The standard InChI is InChI=1S/C29H22BF6NO5/c1-13-8-21-24(27(40)37(26(21)39)16-10-14(28(31,32)33)9-15(11-16)29(34,35)36)20-12-23(42-30(41)25(13)20)19-6-7-22(38)18-5-3-2-4-17(18)19/h2-7,9-11,20-21,23-24,38,41H,8,12H2,1H3/t20-,21-,23-,24+/m0/s1. The first-order valence-corrected chi connectivity index (χ1v) is 13.1. The van der Waals surface area contributed by atoms with Crippen LogP contribution in [-0.2, 0) is 26.6 Å². The Hall–Kier alpha value is -3.84. The van der Waals surface area contributed by atoms with Crippen molar-refractivity contribution < 1.29 is 50.7 Å². The number of anilines is 1. The molecule has 0 spiro atoms. The maximum atomic E-state index is 13.8. The SMILES string of the molecule is CC1=C2B(O)O[C@H](c3ccc(O)c4ccccc34)C[C@H]2[C@H]2C(=O)N(c3cc(C(F)(F)F)cc(C(F)(F)F)c3)C(=O)[C@H]2C1. The molecule has 2 heterocycles. The van der Waals surface area contributed by atoms with Crippen LogP contribution in [0.3, 0.4) is 0 Å². The van der Waals surface area contributed by atoms with E-state index >= 15 is 0 Å². The van der Waals surface area contributed by atoms with Gasteiger partial charge in [0.2, 0.25) is 11.8 Å². The van der Waals surface area contributed by atoms with Gasteiger partial charge in [-0.3, -0.25) is 9.59 Å². The Labute approximate surface area is 235 Å². The van der Waals surface area contributed by atoms with Crippen LogP contribution in [0.1, 0.15) is 42.6 Å². The van der Waals surface area contributed by atoms with Crippen molar-refractivity contribution in [2.24, 2.45) is 17.8 Å². The minimum atomic E-state index is -5.16. The minimum absolute atomic E-state index is 0.0180. The van der Waals surface area contributed by atoms with Gasteiger partial charge in [0.1, 0.15) is 5.75 Å². The summed E-state index contributed by atoms with van der Waals surface area (Å²) in [6.07, 6.45) is -11.0. The van der Waals surface area contributed by atoms with Gasteiger partial charge in [-0.1, -0.05) is 35.9 Å². The van der Waals surface area contributed by atoms with E-state index in [0.29, 0.717) is 44.4 Å². The highest BCUT2D eigenvalue weighted by Crippen LogP contribution is 2.53. The van der Waals surface area contributed by atoms with Crippen LogP contribution in [0.25, 0.3) is 10.8 Å². The Morgan fingerprint density at radius 3 is 2.12 bits per heavy atom. The van der Waals surface area contributed by atoms with Gasteiger partial charge in [-0.25, -0.2) is 4.90 Å². The minimum Gasteiger partial charge on any atom is -0.507 e. The van der Waals surface area contributed by atoms with Gasteiger partial charge in [-0.2, -0.15) is 26.3 Å². The lowest BCUT2D eigenvalue weighted by atomic mass is 9.55. The monoisotopic (exact) mass is 589 g/mol. The lowest BCUT2D eigenvalue weighted by Crippen LogP contribution is -2.44. The maximum Gasteiger partial charge on any atom is 0.487 e. The summed E-state index contributed by atoms with van der Waals surface area (Å²) in [6, 6.07) is 10.7. The molecular weight excluding hydrogens is 567 g/mol.